The third-order valence-electron chi connectivity index (χ3n) is 4.87. The van der Waals surface area contributed by atoms with Crippen molar-refractivity contribution in [2.45, 2.75) is 39.8 Å². The smallest absolute Gasteiger partial charge is 0.222 e. The molecule has 29 heavy (non-hydrogen) atoms. The molecule has 0 spiro atoms. The average molecular weight is 390 g/mol. The maximum atomic E-state index is 12.6. The molecule has 2 amide bonds. The Morgan fingerprint density at radius 3 is 2.24 bits per heavy atom. The zero-order chi connectivity index (χ0) is 20.8. The van der Waals surface area contributed by atoms with Crippen molar-refractivity contribution in [2.75, 3.05) is 0 Å². The monoisotopic (exact) mass is 390 g/mol. The summed E-state index contributed by atoms with van der Waals surface area (Å²) in [7, 11) is 0. The molecule has 150 valence electrons. The van der Waals surface area contributed by atoms with Gasteiger partial charge in [-0.05, 0) is 31.5 Å². The molecule has 0 radical (unpaired) electrons. The standard InChI is InChI=1S/C23H26N4O2/c1-16-21(17(2)27(26-16)20-12-8-5-9-13-20)15-24-23(29)14-22(25-18(3)28)19-10-6-4-7-11-19/h4-13,22H,14-15H2,1-3H3,(H,24,29)(H,25,28)/t22-/m0/s1. The van der Waals surface area contributed by atoms with Crippen molar-refractivity contribution in [2.24, 2.45) is 0 Å². The van der Waals surface area contributed by atoms with E-state index in [9.17, 15) is 9.59 Å². The zero-order valence-corrected chi connectivity index (χ0v) is 17.0. The lowest BCUT2D eigenvalue weighted by Crippen LogP contribution is -2.32. The molecule has 0 saturated carbocycles. The first-order valence-electron chi connectivity index (χ1n) is 9.65. The van der Waals surface area contributed by atoms with Gasteiger partial charge in [-0.1, -0.05) is 48.5 Å². The van der Waals surface area contributed by atoms with Crippen molar-refractivity contribution in [3.8, 4) is 5.69 Å². The van der Waals surface area contributed by atoms with Crippen molar-refractivity contribution in [1.82, 2.24) is 20.4 Å². The fraction of sp³-hybridized carbons (Fsp3) is 0.261. The predicted octanol–water partition coefficient (Wildman–Crippen LogP) is 3.37. The first-order chi connectivity index (χ1) is 14.0. The van der Waals surface area contributed by atoms with Gasteiger partial charge in [-0.15, -0.1) is 0 Å². The summed E-state index contributed by atoms with van der Waals surface area (Å²) in [5, 5.41) is 10.4. The van der Waals surface area contributed by atoms with Crippen molar-refractivity contribution in [1.29, 1.82) is 0 Å². The van der Waals surface area contributed by atoms with E-state index in [1.54, 1.807) is 0 Å². The van der Waals surface area contributed by atoms with Gasteiger partial charge in [0.05, 0.1) is 23.8 Å². The summed E-state index contributed by atoms with van der Waals surface area (Å²) in [4.78, 5) is 24.2. The lowest BCUT2D eigenvalue weighted by molar-refractivity contribution is -0.122. The quantitative estimate of drug-likeness (QED) is 0.649. The van der Waals surface area contributed by atoms with Crippen molar-refractivity contribution >= 4 is 11.8 Å². The molecule has 0 saturated heterocycles. The minimum absolute atomic E-state index is 0.126. The third-order valence-corrected chi connectivity index (χ3v) is 4.87. The highest BCUT2D eigenvalue weighted by molar-refractivity contribution is 5.79. The van der Waals surface area contributed by atoms with Crippen LogP contribution in [0.25, 0.3) is 5.69 Å². The molecule has 0 bridgehead atoms. The highest BCUT2D eigenvalue weighted by Crippen LogP contribution is 2.19. The number of aromatic nitrogens is 2. The number of nitrogens with zero attached hydrogens (tertiary/aromatic N) is 2. The fourth-order valence-electron chi connectivity index (χ4n) is 3.38. The van der Waals surface area contributed by atoms with Crippen LogP contribution in [0.3, 0.4) is 0 Å². The Morgan fingerprint density at radius 1 is 1.00 bits per heavy atom. The molecule has 1 atom stereocenters. The van der Waals surface area contributed by atoms with E-state index in [0.29, 0.717) is 6.54 Å². The number of nitrogens with one attached hydrogen (secondary N) is 2. The predicted molar refractivity (Wildman–Crippen MR) is 113 cm³/mol. The molecular formula is C23H26N4O2. The zero-order valence-electron chi connectivity index (χ0n) is 17.0. The summed E-state index contributed by atoms with van der Waals surface area (Å²) in [6.07, 6.45) is 0.175. The van der Waals surface area contributed by atoms with E-state index in [0.717, 1.165) is 28.2 Å². The number of amides is 2. The second-order valence-corrected chi connectivity index (χ2v) is 7.04. The normalized spacial score (nSPS) is 11.7. The second-order valence-electron chi connectivity index (χ2n) is 7.04. The average Bonchev–Trinajstić information content (AvgIpc) is 3.00. The molecule has 0 unspecified atom stereocenters. The highest BCUT2D eigenvalue weighted by atomic mass is 16.2. The van der Waals surface area contributed by atoms with E-state index in [1.165, 1.54) is 6.92 Å². The molecule has 0 fully saturated rings. The Kier molecular flexibility index (Phi) is 6.44. The van der Waals surface area contributed by atoms with Crippen molar-refractivity contribution in [3.05, 3.63) is 83.2 Å². The molecule has 0 aliphatic carbocycles. The Labute approximate surface area is 170 Å². The topological polar surface area (TPSA) is 76.0 Å². The maximum Gasteiger partial charge on any atom is 0.222 e. The second kappa shape index (κ2) is 9.19. The Morgan fingerprint density at radius 2 is 1.62 bits per heavy atom. The number of aryl methyl sites for hydroxylation is 1. The molecule has 3 aromatic rings. The van der Waals surface area contributed by atoms with E-state index in [1.807, 2.05) is 79.2 Å². The molecule has 6 heteroatoms. The van der Waals surface area contributed by atoms with Gasteiger partial charge in [0.1, 0.15) is 0 Å². The summed E-state index contributed by atoms with van der Waals surface area (Å²) in [6, 6.07) is 19.1. The summed E-state index contributed by atoms with van der Waals surface area (Å²) >= 11 is 0. The lowest BCUT2D eigenvalue weighted by atomic mass is 10.0. The number of benzene rings is 2. The van der Waals surface area contributed by atoms with E-state index in [4.69, 9.17) is 0 Å². The van der Waals surface area contributed by atoms with Gasteiger partial charge in [0.15, 0.2) is 0 Å². The number of hydrogen-bond acceptors (Lipinski definition) is 3. The molecule has 0 aliphatic rings. The Hall–Kier alpha value is -3.41. The van der Waals surface area contributed by atoms with Gasteiger partial charge >= 0.3 is 0 Å². The van der Waals surface area contributed by atoms with E-state index in [2.05, 4.69) is 15.7 Å². The number of hydrogen-bond donors (Lipinski definition) is 2. The molecule has 0 aliphatic heterocycles. The summed E-state index contributed by atoms with van der Waals surface area (Å²) < 4.78 is 1.89. The first kappa shape index (κ1) is 20.3. The van der Waals surface area contributed by atoms with Gasteiger partial charge < -0.3 is 10.6 Å². The van der Waals surface area contributed by atoms with Gasteiger partial charge in [-0.3, -0.25) is 9.59 Å². The van der Waals surface area contributed by atoms with Gasteiger partial charge in [0.2, 0.25) is 11.8 Å². The van der Waals surface area contributed by atoms with Crippen LogP contribution in [-0.2, 0) is 16.1 Å². The maximum absolute atomic E-state index is 12.6. The number of rotatable bonds is 7. The van der Waals surface area contributed by atoms with Gasteiger partial charge in [-0.2, -0.15) is 5.10 Å². The van der Waals surface area contributed by atoms with Gasteiger partial charge in [-0.25, -0.2) is 4.68 Å². The van der Waals surface area contributed by atoms with Crippen LogP contribution in [0.1, 0.15) is 41.9 Å². The summed E-state index contributed by atoms with van der Waals surface area (Å²) in [6.45, 7) is 5.79. The number of para-hydroxylation sites is 1. The number of carbonyl (C=O) groups excluding carboxylic acids is 2. The third kappa shape index (κ3) is 5.10. The van der Waals surface area contributed by atoms with Crippen LogP contribution in [0, 0.1) is 13.8 Å². The van der Waals surface area contributed by atoms with Gasteiger partial charge in [0, 0.05) is 24.7 Å². The molecule has 6 nitrogen and oxygen atoms in total. The molecule has 3 rings (SSSR count). The summed E-state index contributed by atoms with van der Waals surface area (Å²) in [5.41, 5.74) is 4.77. The summed E-state index contributed by atoms with van der Waals surface area (Å²) in [5.74, 6) is -0.290. The van der Waals surface area contributed by atoms with Crippen LogP contribution in [0.15, 0.2) is 60.7 Å². The minimum Gasteiger partial charge on any atom is -0.352 e. The van der Waals surface area contributed by atoms with Crippen LogP contribution in [0.4, 0.5) is 0 Å². The largest absolute Gasteiger partial charge is 0.352 e. The highest BCUT2D eigenvalue weighted by Gasteiger charge is 2.18. The minimum atomic E-state index is -0.358. The van der Waals surface area contributed by atoms with Crippen LogP contribution in [-0.4, -0.2) is 21.6 Å². The van der Waals surface area contributed by atoms with Crippen LogP contribution >= 0.6 is 0 Å². The Balaban J connectivity index is 1.69. The van der Waals surface area contributed by atoms with E-state index in [-0.39, 0.29) is 24.3 Å². The van der Waals surface area contributed by atoms with Crippen LogP contribution < -0.4 is 10.6 Å². The molecular weight excluding hydrogens is 364 g/mol. The van der Waals surface area contributed by atoms with Crippen LogP contribution in [0.5, 0.6) is 0 Å². The molecule has 2 aromatic carbocycles. The van der Waals surface area contributed by atoms with Crippen molar-refractivity contribution < 1.29 is 9.59 Å². The van der Waals surface area contributed by atoms with E-state index >= 15 is 0 Å². The lowest BCUT2D eigenvalue weighted by Gasteiger charge is -2.18. The molecule has 2 N–H and O–H groups in total. The molecule has 1 heterocycles. The SMILES string of the molecule is CC(=O)N[C@@H](CC(=O)NCc1c(C)nn(-c2ccccc2)c1C)c1ccccc1. The van der Waals surface area contributed by atoms with Gasteiger partial charge in [0.25, 0.3) is 0 Å². The van der Waals surface area contributed by atoms with Crippen molar-refractivity contribution in [3.63, 3.8) is 0 Å². The first-order valence-corrected chi connectivity index (χ1v) is 9.65. The Bertz CT molecular complexity index is 981. The molecule has 1 aromatic heterocycles. The van der Waals surface area contributed by atoms with E-state index < -0.39 is 0 Å². The van der Waals surface area contributed by atoms with Crippen LogP contribution in [0.2, 0.25) is 0 Å². The number of carbonyl (C=O) groups is 2. The fourth-order valence-corrected chi connectivity index (χ4v) is 3.38.